The van der Waals surface area contributed by atoms with Gasteiger partial charge in [-0.05, 0) is 89.0 Å². The second kappa shape index (κ2) is 19.9. The van der Waals surface area contributed by atoms with Crippen LogP contribution < -0.4 is 0 Å². The third-order valence-electron chi connectivity index (χ3n) is 12.3. The van der Waals surface area contributed by atoms with Gasteiger partial charge in [-0.3, -0.25) is 19.2 Å². The number of amides is 1. The van der Waals surface area contributed by atoms with E-state index in [9.17, 15) is 34.2 Å². The molecule has 0 radical (unpaired) electrons. The van der Waals surface area contributed by atoms with Gasteiger partial charge in [-0.15, -0.1) is 6.58 Å². The number of rotatable bonds is 6. The molecule has 3 heterocycles. The lowest BCUT2D eigenvalue weighted by Crippen LogP contribution is -2.64. The van der Waals surface area contributed by atoms with Crippen LogP contribution in [0.3, 0.4) is 0 Å². The van der Waals surface area contributed by atoms with Crippen molar-refractivity contribution in [2.24, 2.45) is 29.6 Å². The number of esters is 1. The number of hydrogen-bond acceptors (Lipinski definition) is 11. The second-order valence-electron chi connectivity index (χ2n) is 16.8. The Labute approximate surface area is 327 Å². The number of ketones is 3. The van der Waals surface area contributed by atoms with Gasteiger partial charge in [0, 0.05) is 57.8 Å². The molecule has 12 atom stereocenters. The van der Waals surface area contributed by atoms with Crippen LogP contribution >= 0.6 is 0 Å². The summed E-state index contributed by atoms with van der Waals surface area (Å²) in [5, 5.41) is 23.6. The maximum absolute atomic E-state index is 14.2. The Kier molecular flexibility index (Phi) is 16.2. The highest BCUT2D eigenvalue weighted by Gasteiger charge is 2.56. The molecule has 1 aliphatic carbocycles. The van der Waals surface area contributed by atoms with Crippen molar-refractivity contribution < 1.29 is 53.1 Å². The van der Waals surface area contributed by atoms with Gasteiger partial charge in [0.1, 0.15) is 29.8 Å². The Balaban J connectivity index is 1.78. The first-order valence-corrected chi connectivity index (χ1v) is 20.2. The van der Waals surface area contributed by atoms with Crippen LogP contribution in [0.1, 0.15) is 112 Å². The van der Waals surface area contributed by atoms with Crippen LogP contribution in [-0.4, -0.2) is 107 Å². The Hall–Kier alpha value is -3.03. The fraction of sp³-hybridized carbons (Fsp3) is 0.744. The third kappa shape index (κ3) is 10.9. The number of carbonyl (C=O) groups is 5. The molecule has 2 saturated heterocycles. The van der Waals surface area contributed by atoms with E-state index in [1.807, 2.05) is 26.0 Å². The highest BCUT2D eigenvalue weighted by atomic mass is 16.7. The summed E-state index contributed by atoms with van der Waals surface area (Å²) in [4.78, 5) is 69.9. The number of ether oxygens (including phenoxy) is 4. The number of piperidine rings is 1. The molecule has 0 aromatic heterocycles. The summed E-state index contributed by atoms with van der Waals surface area (Å²) in [5.74, 6) is -7.64. The molecule has 4 rings (SSSR count). The van der Waals surface area contributed by atoms with Crippen LogP contribution in [0.2, 0.25) is 0 Å². The first kappa shape index (κ1) is 44.7. The molecule has 308 valence electrons. The first-order valence-electron chi connectivity index (χ1n) is 20.2. The van der Waals surface area contributed by atoms with E-state index in [0.29, 0.717) is 50.5 Å². The Morgan fingerprint density at radius 2 is 1.69 bits per heavy atom. The van der Waals surface area contributed by atoms with E-state index in [1.54, 1.807) is 26.8 Å². The molecule has 1 saturated carbocycles. The average molecular weight is 772 g/mol. The van der Waals surface area contributed by atoms with Gasteiger partial charge in [0.05, 0.1) is 18.3 Å². The molecule has 2 bridgehead atoms. The molecule has 2 N–H and O–H groups in total. The molecule has 12 unspecified atom stereocenters. The highest BCUT2D eigenvalue weighted by molar-refractivity contribution is 6.39. The lowest BCUT2D eigenvalue weighted by molar-refractivity contribution is -0.302. The molecule has 3 fully saturated rings. The molecule has 3 aliphatic heterocycles. The van der Waals surface area contributed by atoms with Crippen molar-refractivity contribution in [3.63, 3.8) is 0 Å². The van der Waals surface area contributed by atoms with Gasteiger partial charge in [0.25, 0.3) is 11.7 Å². The van der Waals surface area contributed by atoms with Crippen molar-refractivity contribution in [2.45, 2.75) is 154 Å². The Morgan fingerprint density at radius 1 is 1.00 bits per heavy atom. The van der Waals surface area contributed by atoms with Gasteiger partial charge in [-0.25, -0.2) is 4.79 Å². The van der Waals surface area contributed by atoms with E-state index >= 15 is 0 Å². The van der Waals surface area contributed by atoms with Crippen LogP contribution in [0.4, 0.5) is 0 Å². The van der Waals surface area contributed by atoms with Crippen LogP contribution in [0.15, 0.2) is 36.0 Å². The summed E-state index contributed by atoms with van der Waals surface area (Å²) in [7, 11) is 3.05. The van der Waals surface area contributed by atoms with Gasteiger partial charge < -0.3 is 34.1 Å². The van der Waals surface area contributed by atoms with Crippen LogP contribution in [0, 0.1) is 29.6 Å². The average Bonchev–Trinajstić information content (AvgIpc) is 3.15. The van der Waals surface area contributed by atoms with E-state index in [2.05, 4.69) is 6.58 Å². The minimum absolute atomic E-state index is 0.0125. The number of methoxy groups -OCH3 is 2. The van der Waals surface area contributed by atoms with Gasteiger partial charge in [0.15, 0.2) is 0 Å². The SMILES string of the molecule is C=CCC1C=C(C)CC(C)CC(OC)C2OC(O)(C(=O)C(=O)N3CCCCC3C(=O)OC(C(C)=CC3CCCC(=O)C3)C(C)C(O)CC1=O)C(C)CC2OC. The molecular weight excluding hydrogens is 706 g/mol. The zero-order chi connectivity index (χ0) is 40.6. The number of hydrogen-bond donors (Lipinski definition) is 2. The molecular formula is C43H65NO11. The summed E-state index contributed by atoms with van der Waals surface area (Å²) in [6.45, 7) is 13.1. The summed E-state index contributed by atoms with van der Waals surface area (Å²) < 4.78 is 24.1. The van der Waals surface area contributed by atoms with E-state index in [0.717, 1.165) is 18.4 Å². The lowest BCUT2D eigenvalue weighted by Gasteiger charge is -2.47. The van der Waals surface area contributed by atoms with E-state index < -0.39 is 77.8 Å². The van der Waals surface area contributed by atoms with Crippen LogP contribution in [-0.2, 0) is 42.9 Å². The van der Waals surface area contributed by atoms with Gasteiger partial charge in [-0.2, -0.15) is 0 Å². The smallest absolute Gasteiger partial charge is 0.329 e. The fourth-order valence-corrected chi connectivity index (χ4v) is 9.08. The topological polar surface area (TPSA) is 166 Å². The van der Waals surface area contributed by atoms with Crippen molar-refractivity contribution in [1.82, 2.24) is 4.90 Å². The number of cyclic esters (lactones) is 1. The third-order valence-corrected chi connectivity index (χ3v) is 12.3. The number of nitrogens with zero attached hydrogens (tertiary/aromatic N) is 1. The molecule has 0 spiro atoms. The van der Waals surface area contributed by atoms with E-state index in [4.69, 9.17) is 18.9 Å². The standard InChI is InChI=1S/C43H65NO11/c1-9-13-31-19-25(2)18-26(3)20-36(52-7)39-37(53-8)22-28(5)43(51,55-39)40(48)41(49)44-17-11-10-16-33(44)42(50)54-38(29(6)34(46)24-35(31)47)27(4)21-30-14-12-15-32(45)23-30/h9,19,21,26,28-31,33-34,36-39,46,51H,1,10-18,20,22-24H2,2-8H3. The quantitative estimate of drug-likeness (QED) is 0.207. The van der Waals surface area contributed by atoms with Gasteiger partial charge in [-0.1, -0.05) is 44.6 Å². The van der Waals surface area contributed by atoms with Crippen molar-refractivity contribution in [1.29, 1.82) is 0 Å². The number of carbonyl (C=O) groups excluding carboxylic acids is 5. The molecule has 0 aromatic carbocycles. The second-order valence-corrected chi connectivity index (χ2v) is 16.8. The maximum Gasteiger partial charge on any atom is 0.329 e. The first-order chi connectivity index (χ1) is 26.0. The van der Waals surface area contributed by atoms with Gasteiger partial charge >= 0.3 is 5.97 Å². The van der Waals surface area contributed by atoms with Crippen molar-refractivity contribution in [3.8, 4) is 0 Å². The van der Waals surface area contributed by atoms with E-state index in [-0.39, 0.29) is 49.2 Å². The number of allylic oxidation sites excluding steroid dienone is 4. The maximum atomic E-state index is 14.2. The number of aliphatic hydroxyl groups excluding tert-OH is 1. The predicted octanol–water partition coefficient (Wildman–Crippen LogP) is 5.22. The Bertz CT molecular complexity index is 1470. The zero-order valence-electron chi connectivity index (χ0n) is 34.0. The highest BCUT2D eigenvalue weighted by Crippen LogP contribution is 2.39. The lowest BCUT2D eigenvalue weighted by atomic mass is 9.82. The summed E-state index contributed by atoms with van der Waals surface area (Å²) in [5.41, 5.74) is 1.59. The molecule has 1 amide bonds. The monoisotopic (exact) mass is 771 g/mol. The molecule has 12 heteroatoms. The number of fused-ring (bicyclic) bond motifs is 3. The van der Waals surface area contributed by atoms with Gasteiger partial charge in [0.2, 0.25) is 5.79 Å². The zero-order valence-corrected chi connectivity index (χ0v) is 34.0. The minimum atomic E-state index is -2.51. The summed E-state index contributed by atoms with van der Waals surface area (Å²) in [6.07, 6.45) is 6.53. The van der Waals surface area contributed by atoms with Crippen LogP contribution in [0.25, 0.3) is 0 Å². The van der Waals surface area contributed by atoms with Crippen molar-refractivity contribution >= 4 is 29.2 Å². The molecule has 55 heavy (non-hydrogen) atoms. The van der Waals surface area contributed by atoms with Crippen molar-refractivity contribution in [2.75, 3.05) is 20.8 Å². The summed E-state index contributed by atoms with van der Waals surface area (Å²) >= 11 is 0. The molecule has 4 aliphatic rings. The largest absolute Gasteiger partial charge is 0.456 e. The summed E-state index contributed by atoms with van der Waals surface area (Å²) in [6, 6.07) is -1.14. The Morgan fingerprint density at radius 3 is 2.35 bits per heavy atom. The number of aliphatic hydroxyl groups is 2. The normalized spacial score (nSPS) is 38.4. The minimum Gasteiger partial charge on any atom is -0.456 e. The fourth-order valence-electron chi connectivity index (χ4n) is 9.08. The molecule has 12 nitrogen and oxygen atoms in total. The molecule has 0 aromatic rings. The van der Waals surface area contributed by atoms with Crippen molar-refractivity contribution in [3.05, 3.63) is 36.0 Å². The number of Topliss-reactive ketones (excluding diaryl/α,β-unsaturated/α-hetero) is 3. The van der Waals surface area contributed by atoms with Crippen LogP contribution in [0.5, 0.6) is 0 Å². The predicted molar refractivity (Wildman–Crippen MR) is 205 cm³/mol. The van der Waals surface area contributed by atoms with E-state index in [1.165, 1.54) is 19.1 Å².